The molecule has 0 spiro atoms. The number of carbonyl (C=O) groups is 2. The van der Waals surface area contributed by atoms with Gasteiger partial charge in [-0.15, -0.1) is 0 Å². The van der Waals surface area contributed by atoms with Gasteiger partial charge in [-0.05, 0) is 42.2 Å². The molecule has 2 aliphatic rings. The van der Waals surface area contributed by atoms with E-state index in [4.69, 9.17) is 5.73 Å². The van der Waals surface area contributed by atoms with E-state index in [1.54, 1.807) is 0 Å². The molecule has 27 heavy (non-hydrogen) atoms. The molecule has 1 aromatic carbocycles. The van der Waals surface area contributed by atoms with Gasteiger partial charge in [-0.25, -0.2) is 4.39 Å². The maximum atomic E-state index is 14.9. The maximum absolute atomic E-state index is 14.9. The van der Waals surface area contributed by atoms with Gasteiger partial charge in [0.1, 0.15) is 5.82 Å². The smallest absolute Gasteiger partial charge is 0.366 e. The van der Waals surface area contributed by atoms with Gasteiger partial charge in [0.2, 0.25) is 11.8 Å². The fourth-order valence-electron chi connectivity index (χ4n) is 4.04. The van der Waals surface area contributed by atoms with Crippen molar-refractivity contribution in [3.63, 3.8) is 0 Å². The largest absolute Gasteiger partial charge is 0.413 e. The zero-order chi connectivity index (χ0) is 20.1. The first kappa shape index (κ1) is 19.1. The third-order valence-electron chi connectivity index (χ3n) is 5.30. The Labute approximate surface area is 153 Å². The quantitative estimate of drug-likeness (QED) is 0.644. The summed E-state index contributed by atoms with van der Waals surface area (Å²) in [7, 11) is 0. The number of halogens is 4. The van der Waals surface area contributed by atoms with E-state index in [9.17, 15) is 27.2 Å². The van der Waals surface area contributed by atoms with Crippen LogP contribution in [0.1, 0.15) is 46.3 Å². The number of primary amides is 1. The molecule has 0 bridgehead atoms. The van der Waals surface area contributed by atoms with Gasteiger partial charge >= 0.3 is 6.18 Å². The summed E-state index contributed by atoms with van der Waals surface area (Å²) < 4.78 is 55.1. The second-order valence-electron chi connectivity index (χ2n) is 6.79. The predicted octanol–water partition coefficient (Wildman–Crippen LogP) is 3.32. The highest BCUT2D eigenvalue weighted by Crippen LogP contribution is 2.47. The maximum Gasteiger partial charge on any atom is 0.413 e. The minimum atomic E-state index is -4.59. The average molecular weight is 382 g/mol. The third kappa shape index (κ3) is 3.13. The summed E-state index contributed by atoms with van der Waals surface area (Å²) in [4.78, 5) is 25.0. The second kappa shape index (κ2) is 6.51. The van der Waals surface area contributed by atoms with Crippen molar-refractivity contribution in [3.05, 3.63) is 52.4 Å². The number of carbonyl (C=O) groups excluding carboxylic acids is 2. The van der Waals surface area contributed by atoms with Crippen LogP contribution in [0.5, 0.6) is 0 Å². The van der Waals surface area contributed by atoms with Gasteiger partial charge in [-0.2, -0.15) is 13.2 Å². The normalized spacial score (nSPS) is 19.4. The van der Waals surface area contributed by atoms with Crippen molar-refractivity contribution in [2.45, 2.75) is 31.9 Å². The number of rotatable bonds is 3. The molecule has 0 aromatic heterocycles. The van der Waals surface area contributed by atoms with Crippen LogP contribution >= 0.6 is 0 Å². The van der Waals surface area contributed by atoms with Crippen LogP contribution in [0.2, 0.25) is 0 Å². The van der Waals surface area contributed by atoms with Gasteiger partial charge in [0.15, 0.2) is 0 Å². The van der Waals surface area contributed by atoms with Gasteiger partial charge in [-0.1, -0.05) is 6.58 Å². The van der Waals surface area contributed by atoms with Crippen molar-refractivity contribution < 1.29 is 27.2 Å². The van der Waals surface area contributed by atoms with Crippen LogP contribution in [-0.4, -0.2) is 36.0 Å². The molecule has 8 heteroatoms. The number of likely N-dealkylation sites (tertiary alicyclic amines) is 1. The van der Waals surface area contributed by atoms with E-state index < -0.39 is 35.8 Å². The first-order chi connectivity index (χ1) is 12.6. The van der Waals surface area contributed by atoms with Crippen molar-refractivity contribution in [1.29, 1.82) is 0 Å². The average Bonchev–Trinajstić information content (AvgIpc) is 3.19. The number of allylic oxidation sites excluding steroid dienone is 2. The molecule has 1 aliphatic carbocycles. The fraction of sp³-hybridized carbons (Fsp3) is 0.368. The standard InChI is InChI=1S/C19H18F4N2O2/c1-3-15(26)25-5-4-10(8-25)17-14(20)7-12(18(24)27)11-6-13(19(21,22)23)9(2)16(11)17/h3,7,10H,1,4-6,8H2,2H3,(H2,24,27). The lowest BCUT2D eigenvalue weighted by molar-refractivity contribution is -0.125. The van der Waals surface area contributed by atoms with Crippen LogP contribution in [0.25, 0.3) is 5.57 Å². The summed E-state index contributed by atoms with van der Waals surface area (Å²) in [6.45, 7) is 5.23. The molecule has 0 saturated carbocycles. The van der Waals surface area contributed by atoms with E-state index >= 15 is 0 Å². The molecular weight excluding hydrogens is 364 g/mol. The van der Waals surface area contributed by atoms with Gasteiger partial charge < -0.3 is 10.6 Å². The Bertz CT molecular complexity index is 887. The lowest BCUT2D eigenvalue weighted by Gasteiger charge is -2.20. The van der Waals surface area contributed by atoms with Crippen LogP contribution in [-0.2, 0) is 11.2 Å². The van der Waals surface area contributed by atoms with Crippen LogP contribution < -0.4 is 5.73 Å². The van der Waals surface area contributed by atoms with Gasteiger partial charge in [0.05, 0.1) is 0 Å². The molecule has 1 atom stereocenters. The predicted molar refractivity (Wildman–Crippen MR) is 91.4 cm³/mol. The zero-order valence-corrected chi connectivity index (χ0v) is 14.6. The molecule has 1 fully saturated rings. The summed E-state index contributed by atoms with van der Waals surface area (Å²) in [6, 6.07) is 0.918. The van der Waals surface area contributed by atoms with Crippen LogP contribution in [0.3, 0.4) is 0 Å². The molecular formula is C19H18F4N2O2. The zero-order valence-electron chi connectivity index (χ0n) is 14.6. The molecule has 1 aliphatic heterocycles. The number of hydrogen-bond donors (Lipinski definition) is 1. The highest BCUT2D eigenvalue weighted by Gasteiger charge is 2.43. The minimum Gasteiger partial charge on any atom is -0.366 e. The number of fused-ring (bicyclic) bond motifs is 1. The number of alkyl halides is 3. The van der Waals surface area contributed by atoms with E-state index in [-0.39, 0.29) is 40.3 Å². The minimum absolute atomic E-state index is 0.0944. The molecule has 144 valence electrons. The van der Waals surface area contributed by atoms with Crippen LogP contribution in [0.4, 0.5) is 17.6 Å². The lowest BCUT2D eigenvalue weighted by atomic mass is 9.86. The Balaban J connectivity index is 2.16. The highest BCUT2D eigenvalue weighted by molar-refractivity contribution is 5.98. The van der Waals surface area contributed by atoms with Crippen molar-refractivity contribution in [2.75, 3.05) is 13.1 Å². The molecule has 2 N–H and O–H groups in total. The van der Waals surface area contributed by atoms with E-state index in [0.29, 0.717) is 13.0 Å². The Kier molecular flexibility index (Phi) is 4.61. The summed E-state index contributed by atoms with van der Waals surface area (Å²) in [5.41, 5.74) is 4.47. The van der Waals surface area contributed by atoms with E-state index in [1.807, 2.05) is 0 Å². The SMILES string of the molecule is C=CC(=O)N1CCC(c2c(F)cc(C(N)=O)c3c2C(C)=C(C(F)(F)F)C3)C1. The summed E-state index contributed by atoms with van der Waals surface area (Å²) in [6.07, 6.45) is -3.55. The number of nitrogens with zero attached hydrogens (tertiary/aromatic N) is 1. The van der Waals surface area contributed by atoms with Gasteiger partial charge in [-0.3, -0.25) is 9.59 Å². The molecule has 2 amide bonds. The van der Waals surface area contributed by atoms with Crippen molar-refractivity contribution in [1.82, 2.24) is 4.90 Å². The summed E-state index contributed by atoms with van der Waals surface area (Å²) in [5, 5.41) is 0. The van der Waals surface area contributed by atoms with E-state index in [2.05, 4.69) is 6.58 Å². The number of amides is 2. The highest BCUT2D eigenvalue weighted by atomic mass is 19.4. The summed E-state index contributed by atoms with van der Waals surface area (Å²) in [5.74, 6) is -2.52. The number of nitrogens with two attached hydrogens (primary N) is 1. The van der Waals surface area contributed by atoms with Gasteiger partial charge in [0, 0.05) is 42.1 Å². The van der Waals surface area contributed by atoms with E-state index in [0.717, 1.165) is 12.1 Å². The fourth-order valence-corrected chi connectivity index (χ4v) is 4.04. The molecule has 1 unspecified atom stereocenters. The molecule has 3 rings (SSSR count). The topological polar surface area (TPSA) is 63.4 Å². The van der Waals surface area contributed by atoms with E-state index in [1.165, 1.54) is 11.8 Å². The monoisotopic (exact) mass is 382 g/mol. The van der Waals surface area contributed by atoms with Crippen LogP contribution in [0, 0.1) is 5.82 Å². The molecule has 4 nitrogen and oxygen atoms in total. The first-order valence-electron chi connectivity index (χ1n) is 8.40. The van der Waals surface area contributed by atoms with Crippen molar-refractivity contribution in [3.8, 4) is 0 Å². The first-order valence-corrected chi connectivity index (χ1v) is 8.40. The summed E-state index contributed by atoms with van der Waals surface area (Å²) >= 11 is 0. The second-order valence-corrected chi connectivity index (χ2v) is 6.79. The third-order valence-corrected chi connectivity index (χ3v) is 5.30. The Hall–Kier alpha value is -2.64. The molecule has 1 saturated heterocycles. The Morgan fingerprint density at radius 3 is 2.59 bits per heavy atom. The number of benzene rings is 1. The van der Waals surface area contributed by atoms with Gasteiger partial charge in [0.25, 0.3) is 0 Å². The molecule has 1 heterocycles. The number of hydrogen-bond acceptors (Lipinski definition) is 2. The van der Waals surface area contributed by atoms with Crippen LogP contribution in [0.15, 0.2) is 24.3 Å². The van der Waals surface area contributed by atoms with Crippen molar-refractivity contribution >= 4 is 17.4 Å². The lowest BCUT2D eigenvalue weighted by Crippen LogP contribution is -2.26. The molecule has 0 radical (unpaired) electrons. The Morgan fingerprint density at radius 1 is 1.37 bits per heavy atom. The molecule has 1 aromatic rings. The van der Waals surface area contributed by atoms with Crippen molar-refractivity contribution in [2.24, 2.45) is 5.73 Å². The Morgan fingerprint density at radius 2 is 2.04 bits per heavy atom.